The highest BCUT2D eigenvalue weighted by molar-refractivity contribution is 7.80. The molecule has 0 radical (unpaired) electrons. The summed E-state index contributed by atoms with van der Waals surface area (Å²) < 4.78 is 1.56. The van der Waals surface area contributed by atoms with Gasteiger partial charge in [-0.3, -0.25) is 4.79 Å². The molecule has 4 heteroatoms. The summed E-state index contributed by atoms with van der Waals surface area (Å²) in [6, 6.07) is 1.64. The third kappa shape index (κ3) is 6.24. The molecule has 0 saturated carbocycles. The summed E-state index contributed by atoms with van der Waals surface area (Å²) in [6.07, 6.45) is 10.4. The highest BCUT2D eigenvalue weighted by Gasteiger charge is 1.97. The van der Waals surface area contributed by atoms with Crippen LogP contribution in [-0.2, 0) is 6.54 Å². The zero-order chi connectivity index (χ0) is 13.2. The van der Waals surface area contributed by atoms with E-state index >= 15 is 0 Å². The van der Waals surface area contributed by atoms with E-state index in [-0.39, 0.29) is 5.56 Å². The lowest BCUT2D eigenvalue weighted by molar-refractivity contribution is 0.506. The van der Waals surface area contributed by atoms with Crippen LogP contribution in [0, 0.1) is 6.92 Å². The van der Waals surface area contributed by atoms with Crippen molar-refractivity contribution in [2.24, 2.45) is 0 Å². The van der Waals surface area contributed by atoms with Gasteiger partial charge in [0, 0.05) is 12.6 Å². The highest BCUT2D eigenvalue weighted by Crippen LogP contribution is 2.07. The molecule has 0 aliphatic heterocycles. The number of nitrogens with zero attached hydrogens (tertiary/aromatic N) is 2. The van der Waals surface area contributed by atoms with Crippen molar-refractivity contribution < 1.29 is 0 Å². The van der Waals surface area contributed by atoms with Gasteiger partial charge in [0.15, 0.2) is 0 Å². The van der Waals surface area contributed by atoms with Crippen LogP contribution >= 0.6 is 12.6 Å². The van der Waals surface area contributed by atoms with Gasteiger partial charge in [-0.25, -0.2) is 4.68 Å². The van der Waals surface area contributed by atoms with Crippen LogP contribution in [0.25, 0.3) is 0 Å². The van der Waals surface area contributed by atoms with Crippen molar-refractivity contribution in [3.05, 3.63) is 28.2 Å². The van der Waals surface area contributed by atoms with E-state index in [2.05, 4.69) is 17.7 Å². The summed E-state index contributed by atoms with van der Waals surface area (Å²) in [5.74, 6) is 1.00. The maximum Gasteiger partial charge on any atom is 0.266 e. The summed E-state index contributed by atoms with van der Waals surface area (Å²) in [7, 11) is 0. The van der Waals surface area contributed by atoms with Crippen LogP contribution in [0.15, 0.2) is 17.1 Å². The number of aromatic nitrogens is 2. The molecule has 1 rings (SSSR count). The summed E-state index contributed by atoms with van der Waals surface area (Å²) in [5, 5.41) is 4.13. The molecule has 1 heterocycles. The Morgan fingerprint density at radius 1 is 1.11 bits per heavy atom. The van der Waals surface area contributed by atoms with Crippen LogP contribution in [0.2, 0.25) is 0 Å². The van der Waals surface area contributed by atoms with Crippen molar-refractivity contribution in [3.8, 4) is 0 Å². The average molecular weight is 268 g/mol. The Kier molecular flexibility index (Phi) is 7.81. The SMILES string of the molecule is Cc1cnn(CCCCCCCCCS)c(=O)c1. The van der Waals surface area contributed by atoms with E-state index in [0.717, 1.165) is 24.3 Å². The van der Waals surface area contributed by atoms with Crippen molar-refractivity contribution in [3.63, 3.8) is 0 Å². The van der Waals surface area contributed by atoms with Crippen LogP contribution in [0.4, 0.5) is 0 Å². The number of unbranched alkanes of at least 4 members (excludes halogenated alkanes) is 6. The van der Waals surface area contributed by atoms with Crippen molar-refractivity contribution in [1.82, 2.24) is 9.78 Å². The minimum Gasteiger partial charge on any atom is -0.268 e. The molecular formula is C14H24N2OS. The van der Waals surface area contributed by atoms with Gasteiger partial charge in [0.2, 0.25) is 0 Å². The number of hydrogen-bond donors (Lipinski definition) is 1. The molecule has 0 N–H and O–H groups in total. The second-order valence-electron chi connectivity index (χ2n) is 4.79. The minimum absolute atomic E-state index is 0.0174. The molecule has 0 spiro atoms. The molecule has 0 unspecified atom stereocenters. The number of aryl methyl sites for hydroxylation is 2. The Labute approximate surface area is 115 Å². The average Bonchev–Trinajstić information content (AvgIpc) is 2.35. The highest BCUT2D eigenvalue weighted by atomic mass is 32.1. The lowest BCUT2D eigenvalue weighted by Gasteiger charge is -2.04. The fraction of sp³-hybridized carbons (Fsp3) is 0.714. The fourth-order valence-electron chi connectivity index (χ4n) is 1.95. The van der Waals surface area contributed by atoms with Gasteiger partial charge >= 0.3 is 0 Å². The van der Waals surface area contributed by atoms with Gasteiger partial charge in [-0.1, -0.05) is 32.1 Å². The van der Waals surface area contributed by atoms with Crippen LogP contribution in [0.3, 0.4) is 0 Å². The molecule has 0 bridgehead atoms. The van der Waals surface area contributed by atoms with E-state index in [1.165, 1.54) is 38.5 Å². The summed E-state index contributed by atoms with van der Waals surface area (Å²) in [5.41, 5.74) is 0.948. The lowest BCUT2D eigenvalue weighted by atomic mass is 10.1. The van der Waals surface area contributed by atoms with Crippen molar-refractivity contribution >= 4 is 12.6 Å². The third-order valence-electron chi connectivity index (χ3n) is 3.03. The number of hydrogen-bond acceptors (Lipinski definition) is 3. The first-order valence-electron chi connectivity index (χ1n) is 6.88. The zero-order valence-electron chi connectivity index (χ0n) is 11.3. The smallest absolute Gasteiger partial charge is 0.266 e. The topological polar surface area (TPSA) is 34.9 Å². The molecule has 1 aromatic rings. The second-order valence-corrected chi connectivity index (χ2v) is 5.24. The molecule has 0 atom stereocenters. The zero-order valence-corrected chi connectivity index (χ0v) is 12.2. The molecule has 0 fully saturated rings. The molecule has 0 aliphatic rings. The summed E-state index contributed by atoms with van der Waals surface area (Å²) in [6.45, 7) is 2.64. The molecule has 0 saturated heterocycles. The van der Waals surface area contributed by atoms with E-state index in [1.807, 2.05) is 6.92 Å². The first kappa shape index (κ1) is 15.3. The number of thiol groups is 1. The molecule has 1 aromatic heterocycles. The molecule has 0 aliphatic carbocycles. The number of rotatable bonds is 9. The van der Waals surface area contributed by atoms with Crippen LogP contribution in [0.5, 0.6) is 0 Å². The standard InChI is InChI=1S/C14H24N2OS/c1-13-11-14(17)16(15-12-13)9-7-5-3-2-4-6-8-10-18/h11-12,18H,2-10H2,1H3. The van der Waals surface area contributed by atoms with Gasteiger partial charge in [0.1, 0.15) is 0 Å². The van der Waals surface area contributed by atoms with E-state index in [0.29, 0.717) is 0 Å². The van der Waals surface area contributed by atoms with Gasteiger partial charge in [0.05, 0.1) is 6.20 Å². The van der Waals surface area contributed by atoms with Gasteiger partial charge in [-0.15, -0.1) is 0 Å². The van der Waals surface area contributed by atoms with Gasteiger partial charge in [-0.2, -0.15) is 17.7 Å². The molecule has 0 amide bonds. The van der Waals surface area contributed by atoms with Gasteiger partial charge in [-0.05, 0) is 31.1 Å². The van der Waals surface area contributed by atoms with E-state index in [9.17, 15) is 4.79 Å². The van der Waals surface area contributed by atoms with Crippen molar-refractivity contribution in [2.45, 2.75) is 58.4 Å². The molecule has 0 aromatic carbocycles. The molecule has 18 heavy (non-hydrogen) atoms. The largest absolute Gasteiger partial charge is 0.268 e. The molecule has 3 nitrogen and oxygen atoms in total. The maximum atomic E-state index is 11.6. The van der Waals surface area contributed by atoms with Crippen molar-refractivity contribution in [2.75, 3.05) is 5.75 Å². The molecule has 102 valence electrons. The second kappa shape index (κ2) is 9.20. The Morgan fingerprint density at radius 2 is 1.72 bits per heavy atom. The maximum absolute atomic E-state index is 11.6. The first-order valence-corrected chi connectivity index (χ1v) is 7.52. The van der Waals surface area contributed by atoms with Crippen LogP contribution in [-0.4, -0.2) is 15.5 Å². The predicted octanol–water partition coefficient (Wildman–Crippen LogP) is 3.21. The van der Waals surface area contributed by atoms with Crippen LogP contribution < -0.4 is 5.56 Å². The Hall–Kier alpha value is -0.770. The van der Waals surface area contributed by atoms with Gasteiger partial charge in [0.25, 0.3) is 5.56 Å². The monoisotopic (exact) mass is 268 g/mol. The van der Waals surface area contributed by atoms with E-state index in [4.69, 9.17) is 0 Å². The fourth-order valence-corrected chi connectivity index (χ4v) is 2.17. The van der Waals surface area contributed by atoms with E-state index < -0.39 is 0 Å². The molecular weight excluding hydrogens is 244 g/mol. The van der Waals surface area contributed by atoms with E-state index in [1.54, 1.807) is 16.9 Å². The Balaban J connectivity index is 2.09. The summed E-state index contributed by atoms with van der Waals surface area (Å²) in [4.78, 5) is 11.6. The Bertz CT molecular complexity index is 390. The lowest BCUT2D eigenvalue weighted by Crippen LogP contribution is -2.22. The third-order valence-corrected chi connectivity index (χ3v) is 3.35. The normalized spacial score (nSPS) is 10.8. The van der Waals surface area contributed by atoms with Gasteiger partial charge < -0.3 is 0 Å². The van der Waals surface area contributed by atoms with Crippen molar-refractivity contribution in [1.29, 1.82) is 0 Å². The predicted molar refractivity (Wildman–Crippen MR) is 79.4 cm³/mol. The quantitative estimate of drug-likeness (QED) is 0.551. The minimum atomic E-state index is 0.0174. The summed E-state index contributed by atoms with van der Waals surface area (Å²) >= 11 is 4.20. The van der Waals surface area contributed by atoms with Crippen LogP contribution in [0.1, 0.15) is 50.5 Å². The Morgan fingerprint density at radius 3 is 2.33 bits per heavy atom. The first-order chi connectivity index (χ1) is 8.74.